The Labute approximate surface area is 107 Å². The maximum atomic E-state index is 9.22. The molecule has 2 unspecified atom stereocenters. The predicted molar refractivity (Wildman–Crippen MR) is 74.9 cm³/mol. The average Bonchev–Trinajstić information content (AvgIpc) is 2.29. The monoisotopic (exact) mass is 256 g/mol. The van der Waals surface area contributed by atoms with Gasteiger partial charge in [0, 0.05) is 34.8 Å². The van der Waals surface area contributed by atoms with E-state index in [9.17, 15) is 5.11 Å². The number of thioether (sulfide) groups is 1. The van der Waals surface area contributed by atoms with Gasteiger partial charge in [0.1, 0.15) is 5.75 Å². The molecule has 0 bridgehead atoms. The summed E-state index contributed by atoms with van der Waals surface area (Å²) in [5.74, 6) is 0.726. The smallest absolute Gasteiger partial charge is 0.122 e. The van der Waals surface area contributed by atoms with Gasteiger partial charge in [-0.05, 0) is 19.2 Å². The maximum Gasteiger partial charge on any atom is 0.122 e. The number of nitrogens with two attached hydrogens (primary N) is 1. The number of aliphatic hydroxyl groups is 1. The summed E-state index contributed by atoms with van der Waals surface area (Å²) in [4.78, 5) is 0. The molecule has 0 amide bonds. The fourth-order valence-electron chi connectivity index (χ4n) is 1.62. The number of hydrogen-bond acceptors (Lipinski definition) is 5. The van der Waals surface area contributed by atoms with Crippen molar-refractivity contribution < 1.29 is 9.84 Å². The lowest BCUT2D eigenvalue weighted by Crippen LogP contribution is -2.30. The van der Waals surface area contributed by atoms with E-state index >= 15 is 0 Å². The number of aliphatic hydroxyl groups excluding tert-OH is 1. The molecule has 0 saturated carbocycles. The van der Waals surface area contributed by atoms with Gasteiger partial charge in [0.25, 0.3) is 0 Å². The summed E-state index contributed by atoms with van der Waals surface area (Å²) in [6, 6.07) is 5.67. The largest absolute Gasteiger partial charge is 0.497 e. The third-order valence-electron chi connectivity index (χ3n) is 2.60. The van der Waals surface area contributed by atoms with Gasteiger partial charge in [-0.15, -0.1) is 0 Å². The minimum atomic E-state index is 0.148. The molecule has 1 aromatic rings. The second-order valence-corrected chi connectivity index (χ2v) is 4.96. The van der Waals surface area contributed by atoms with Crippen LogP contribution in [0.5, 0.6) is 5.75 Å². The lowest BCUT2D eigenvalue weighted by Gasteiger charge is -2.22. The first-order valence-electron chi connectivity index (χ1n) is 5.45. The first-order chi connectivity index (χ1) is 8.10. The molecule has 4 nitrogen and oxygen atoms in total. The molecule has 0 saturated heterocycles. The van der Waals surface area contributed by atoms with E-state index in [0.717, 1.165) is 11.4 Å². The highest BCUT2D eigenvalue weighted by atomic mass is 32.2. The molecule has 0 aliphatic rings. The van der Waals surface area contributed by atoms with Gasteiger partial charge in [0.15, 0.2) is 0 Å². The van der Waals surface area contributed by atoms with Crippen molar-refractivity contribution in [1.29, 1.82) is 0 Å². The summed E-state index contributed by atoms with van der Waals surface area (Å²) in [6.45, 7) is 2.18. The van der Waals surface area contributed by atoms with Crippen LogP contribution < -0.4 is 15.8 Å². The molecule has 5 heteroatoms. The van der Waals surface area contributed by atoms with Crippen molar-refractivity contribution in [2.75, 3.05) is 31.0 Å². The van der Waals surface area contributed by atoms with Crippen molar-refractivity contribution in [3.63, 3.8) is 0 Å². The topological polar surface area (TPSA) is 67.5 Å². The van der Waals surface area contributed by atoms with Crippen LogP contribution in [0.2, 0.25) is 0 Å². The van der Waals surface area contributed by atoms with Crippen molar-refractivity contribution >= 4 is 23.1 Å². The minimum absolute atomic E-state index is 0.148. The van der Waals surface area contributed by atoms with Crippen LogP contribution in [0.4, 0.5) is 11.4 Å². The van der Waals surface area contributed by atoms with E-state index in [-0.39, 0.29) is 17.9 Å². The van der Waals surface area contributed by atoms with E-state index in [2.05, 4.69) is 5.32 Å². The van der Waals surface area contributed by atoms with Crippen LogP contribution in [-0.4, -0.2) is 36.4 Å². The highest BCUT2D eigenvalue weighted by molar-refractivity contribution is 7.99. The fraction of sp³-hybridized carbons (Fsp3) is 0.500. The Hall–Kier alpha value is -1.07. The summed E-state index contributed by atoms with van der Waals surface area (Å²) >= 11 is 1.64. The number of nitrogen functional groups attached to an aromatic ring is 1. The Morgan fingerprint density at radius 3 is 2.71 bits per heavy atom. The van der Waals surface area contributed by atoms with Gasteiger partial charge in [-0.3, -0.25) is 0 Å². The van der Waals surface area contributed by atoms with E-state index < -0.39 is 0 Å². The molecule has 96 valence electrons. The summed E-state index contributed by atoms with van der Waals surface area (Å²) in [5, 5.41) is 12.7. The number of hydrogen-bond donors (Lipinski definition) is 3. The van der Waals surface area contributed by atoms with Gasteiger partial charge in [-0.1, -0.05) is 0 Å². The van der Waals surface area contributed by atoms with Crippen LogP contribution >= 0.6 is 11.8 Å². The Morgan fingerprint density at radius 2 is 2.18 bits per heavy atom. The second-order valence-electron chi connectivity index (χ2n) is 3.88. The first kappa shape index (κ1) is 14.0. The standard InChI is InChI=1S/C12H20N2O2S/c1-8(12(7-15)17-3)14-10-4-9(13)5-11(6-10)16-2/h4-6,8,12,14-15H,7,13H2,1-3H3. The third-order valence-corrected chi connectivity index (χ3v) is 3.76. The molecule has 4 N–H and O–H groups in total. The highest BCUT2D eigenvalue weighted by Gasteiger charge is 2.15. The van der Waals surface area contributed by atoms with E-state index in [1.807, 2.05) is 25.3 Å². The predicted octanol–water partition coefficient (Wildman–Crippen LogP) is 1.80. The number of anilines is 2. The lowest BCUT2D eigenvalue weighted by molar-refractivity contribution is 0.288. The molecule has 0 spiro atoms. The van der Waals surface area contributed by atoms with Crippen molar-refractivity contribution in [3.8, 4) is 5.75 Å². The van der Waals surface area contributed by atoms with Gasteiger partial charge in [-0.25, -0.2) is 0 Å². The number of ether oxygens (including phenoxy) is 1. The molecule has 0 fully saturated rings. The molecule has 0 aliphatic carbocycles. The number of methoxy groups -OCH3 is 1. The quantitative estimate of drug-likeness (QED) is 0.677. The molecule has 1 aromatic carbocycles. The van der Waals surface area contributed by atoms with Gasteiger partial charge < -0.3 is 20.9 Å². The first-order valence-corrected chi connectivity index (χ1v) is 6.74. The summed E-state index contributed by atoms with van der Waals surface area (Å²) in [7, 11) is 1.61. The maximum absolute atomic E-state index is 9.22. The minimum Gasteiger partial charge on any atom is -0.497 e. The SMILES string of the molecule is COc1cc(N)cc(NC(C)C(CO)SC)c1. The number of rotatable bonds is 6. The molecular formula is C12H20N2O2S. The molecule has 17 heavy (non-hydrogen) atoms. The van der Waals surface area contributed by atoms with Crippen molar-refractivity contribution in [2.24, 2.45) is 0 Å². The van der Waals surface area contributed by atoms with Crippen LogP contribution in [0.1, 0.15) is 6.92 Å². The van der Waals surface area contributed by atoms with Gasteiger partial charge in [-0.2, -0.15) is 11.8 Å². The van der Waals surface area contributed by atoms with E-state index in [0.29, 0.717) is 5.69 Å². The van der Waals surface area contributed by atoms with Gasteiger partial charge >= 0.3 is 0 Å². The van der Waals surface area contributed by atoms with Crippen molar-refractivity contribution in [3.05, 3.63) is 18.2 Å². The average molecular weight is 256 g/mol. The summed E-state index contributed by atoms with van der Waals surface area (Å²) in [6.07, 6.45) is 1.99. The molecular weight excluding hydrogens is 236 g/mol. The van der Waals surface area contributed by atoms with Crippen LogP contribution in [0, 0.1) is 0 Å². The van der Waals surface area contributed by atoms with Crippen LogP contribution in [0.15, 0.2) is 18.2 Å². The summed E-state index contributed by atoms with van der Waals surface area (Å²) in [5.41, 5.74) is 7.34. The lowest BCUT2D eigenvalue weighted by atomic mass is 10.2. The number of benzene rings is 1. The fourth-order valence-corrected chi connectivity index (χ4v) is 2.24. The molecule has 0 aliphatic heterocycles. The highest BCUT2D eigenvalue weighted by Crippen LogP contribution is 2.24. The Morgan fingerprint density at radius 1 is 1.47 bits per heavy atom. The van der Waals surface area contributed by atoms with Gasteiger partial charge in [0.05, 0.1) is 13.7 Å². The Balaban J connectivity index is 2.76. The van der Waals surface area contributed by atoms with E-state index in [1.165, 1.54) is 0 Å². The zero-order valence-electron chi connectivity index (χ0n) is 10.4. The molecule has 2 atom stereocenters. The normalized spacial score (nSPS) is 14.1. The van der Waals surface area contributed by atoms with E-state index in [4.69, 9.17) is 10.5 Å². The van der Waals surface area contributed by atoms with E-state index in [1.54, 1.807) is 24.9 Å². The Kier molecular flexibility index (Phi) is 5.44. The Bertz CT molecular complexity index is 356. The van der Waals surface area contributed by atoms with Crippen LogP contribution in [-0.2, 0) is 0 Å². The van der Waals surface area contributed by atoms with Crippen molar-refractivity contribution in [1.82, 2.24) is 0 Å². The summed E-state index contributed by atoms with van der Waals surface area (Å²) < 4.78 is 5.16. The zero-order chi connectivity index (χ0) is 12.8. The molecule has 0 radical (unpaired) electrons. The second kappa shape index (κ2) is 6.61. The molecule has 0 aromatic heterocycles. The molecule has 1 rings (SSSR count). The zero-order valence-corrected chi connectivity index (χ0v) is 11.3. The van der Waals surface area contributed by atoms with Crippen molar-refractivity contribution in [2.45, 2.75) is 18.2 Å². The molecule has 0 heterocycles. The van der Waals surface area contributed by atoms with Gasteiger partial charge in [0.2, 0.25) is 0 Å². The number of nitrogens with one attached hydrogen (secondary N) is 1. The third kappa shape index (κ3) is 4.02. The van der Waals surface area contributed by atoms with Crippen LogP contribution in [0.3, 0.4) is 0 Å². The van der Waals surface area contributed by atoms with Crippen LogP contribution in [0.25, 0.3) is 0 Å².